The van der Waals surface area contributed by atoms with Crippen molar-refractivity contribution >= 4 is 17.2 Å². The predicted octanol–water partition coefficient (Wildman–Crippen LogP) is 2.52. The number of pyridine rings is 1. The molecule has 23 heavy (non-hydrogen) atoms. The molecular weight excluding hydrogens is 316 g/mol. The summed E-state index contributed by atoms with van der Waals surface area (Å²) in [5.74, 6) is 1.12. The van der Waals surface area contributed by atoms with Gasteiger partial charge in [0.1, 0.15) is 0 Å². The minimum Gasteiger partial charge on any atom is -0.478 e. The fourth-order valence-corrected chi connectivity index (χ4v) is 2.48. The van der Waals surface area contributed by atoms with Crippen molar-refractivity contribution in [3.63, 3.8) is 0 Å². The number of thiophene rings is 1. The van der Waals surface area contributed by atoms with Crippen LogP contribution in [-0.4, -0.2) is 27.6 Å². The summed E-state index contributed by atoms with van der Waals surface area (Å²) in [5.41, 5.74) is 1.33. The first-order valence-corrected chi connectivity index (χ1v) is 7.92. The van der Waals surface area contributed by atoms with E-state index in [0.717, 1.165) is 0 Å². The maximum absolute atomic E-state index is 11.8. The average Bonchev–Trinajstić information content (AvgIpc) is 3.25. The van der Waals surface area contributed by atoms with Gasteiger partial charge in [0.2, 0.25) is 17.6 Å². The van der Waals surface area contributed by atoms with Crippen LogP contribution in [0, 0.1) is 0 Å². The first-order chi connectivity index (χ1) is 11.3. The van der Waals surface area contributed by atoms with Gasteiger partial charge in [-0.1, -0.05) is 5.16 Å². The molecule has 0 fully saturated rings. The van der Waals surface area contributed by atoms with E-state index < -0.39 is 0 Å². The molecule has 0 bridgehead atoms. The Hall–Kier alpha value is -2.74. The van der Waals surface area contributed by atoms with Crippen molar-refractivity contribution < 1.29 is 14.1 Å². The highest BCUT2D eigenvalue weighted by Crippen LogP contribution is 2.17. The van der Waals surface area contributed by atoms with Crippen LogP contribution in [0.25, 0.3) is 11.4 Å². The van der Waals surface area contributed by atoms with Crippen LogP contribution >= 0.6 is 11.3 Å². The van der Waals surface area contributed by atoms with Crippen LogP contribution in [0.4, 0.5) is 0 Å². The van der Waals surface area contributed by atoms with Crippen LogP contribution in [0.2, 0.25) is 0 Å². The molecule has 0 saturated carbocycles. The summed E-state index contributed by atoms with van der Waals surface area (Å²) in [6.07, 6.45) is 1.61. The van der Waals surface area contributed by atoms with Gasteiger partial charge in [-0.2, -0.15) is 16.3 Å². The molecule has 1 amide bonds. The van der Waals surface area contributed by atoms with E-state index in [-0.39, 0.29) is 12.5 Å². The van der Waals surface area contributed by atoms with Gasteiger partial charge in [-0.05, 0) is 24.4 Å². The normalized spacial score (nSPS) is 10.5. The van der Waals surface area contributed by atoms with Crippen molar-refractivity contribution in [1.82, 2.24) is 20.4 Å². The lowest BCUT2D eigenvalue weighted by Gasteiger charge is -2.01. The number of ether oxygens (including phenoxy) is 1. The van der Waals surface area contributed by atoms with Crippen molar-refractivity contribution in [3.8, 4) is 17.3 Å². The summed E-state index contributed by atoms with van der Waals surface area (Å²) < 4.78 is 10.4. The quantitative estimate of drug-likeness (QED) is 0.747. The molecule has 3 rings (SSSR count). The fraction of sp³-hybridized carbons (Fsp3) is 0.200. The molecule has 3 aromatic heterocycles. The maximum atomic E-state index is 11.8. The second-order valence-corrected chi connectivity index (χ2v) is 5.30. The molecule has 0 unspecified atom stereocenters. The smallest absolute Gasteiger partial charge is 0.252 e. The fourth-order valence-electron chi connectivity index (χ4n) is 1.84. The van der Waals surface area contributed by atoms with E-state index in [1.54, 1.807) is 29.8 Å². The van der Waals surface area contributed by atoms with Crippen molar-refractivity contribution in [1.29, 1.82) is 0 Å². The van der Waals surface area contributed by atoms with Gasteiger partial charge in [-0.3, -0.25) is 4.79 Å². The number of nitrogens with one attached hydrogen (secondary N) is 1. The van der Waals surface area contributed by atoms with Crippen molar-refractivity contribution in [2.24, 2.45) is 0 Å². The first kappa shape index (κ1) is 15.2. The van der Waals surface area contributed by atoms with E-state index in [1.165, 1.54) is 11.3 Å². The molecule has 118 valence electrons. The van der Waals surface area contributed by atoms with Gasteiger partial charge in [0.05, 0.1) is 13.2 Å². The standard InChI is InChI=1S/C15H14N4O3S/c1-2-21-12-4-3-10(7-16-12)14-18-13(22-19-14)8-17-15(20)11-5-6-23-9-11/h3-7,9H,2,8H2,1H3,(H,17,20). The Morgan fingerprint density at radius 1 is 1.39 bits per heavy atom. The molecule has 0 aliphatic carbocycles. The van der Waals surface area contributed by atoms with Crippen molar-refractivity contribution in [3.05, 3.63) is 46.6 Å². The zero-order valence-electron chi connectivity index (χ0n) is 12.4. The molecule has 0 atom stereocenters. The molecule has 8 heteroatoms. The topological polar surface area (TPSA) is 90.1 Å². The molecule has 0 spiro atoms. The zero-order valence-corrected chi connectivity index (χ0v) is 13.2. The molecule has 0 radical (unpaired) electrons. The molecular formula is C15H14N4O3S. The second-order valence-electron chi connectivity index (χ2n) is 4.52. The van der Waals surface area contributed by atoms with Crippen LogP contribution in [0.1, 0.15) is 23.2 Å². The second kappa shape index (κ2) is 7.01. The van der Waals surface area contributed by atoms with E-state index in [4.69, 9.17) is 9.26 Å². The number of nitrogens with zero attached hydrogens (tertiary/aromatic N) is 3. The molecule has 1 N–H and O–H groups in total. The Labute approximate surface area is 136 Å². The predicted molar refractivity (Wildman–Crippen MR) is 84.2 cm³/mol. The highest BCUT2D eigenvalue weighted by Gasteiger charge is 2.11. The molecule has 0 aromatic carbocycles. The lowest BCUT2D eigenvalue weighted by Crippen LogP contribution is -2.22. The lowest BCUT2D eigenvalue weighted by atomic mass is 10.3. The number of aromatic nitrogens is 3. The molecule has 0 aliphatic rings. The Morgan fingerprint density at radius 2 is 2.30 bits per heavy atom. The van der Waals surface area contributed by atoms with Gasteiger partial charge in [0.25, 0.3) is 5.91 Å². The summed E-state index contributed by atoms with van der Waals surface area (Å²) in [5, 5.41) is 10.2. The largest absolute Gasteiger partial charge is 0.478 e. The number of carbonyl (C=O) groups is 1. The van der Waals surface area contributed by atoms with Crippen LogP contribution in [0.5, 0.6) is 5.88 Å². The monoisotopic (exact) mass is 330 g/mol. The van der Waals surface area contributed by atoms with E-state index in [2.05, 4.69) is 20.4 Å². The summed E-state index contributed by atoms with van der Waals surface area (Å²) in [6, 6.07) is 5.30. The SMILES string of the molecule is CCOc1ccc(-c2noc(CNC(=O)c3ccsc3)n2)cn1. The maximum Gasteiger partial charge on any atom is 0.252 e. The number of hydrogen-bond acceptors (Lipinski definition) is 7. The summed E-state index contributed by atoms with van der Waals surface area (Å²) in [4.78, 5) is 20.2. The van der Waals surface area contributed by atoms with Gasteiger partial charge < -0.3 is 14.6 Å². The van der Waals surface area contributed by atoms with Crippen molar-refractivity contribution in [2.45, 2.75) is 13.5 Å². The third kappa shape index (κ3) is 3.72. The third-order valence-electron chi connectivity index (χ3n) is 2.94. The van der Waals surface area contributed by atoms with E-state index in [1.807, 2.05) is 12.3 Å². The Morgan fingerprint density at radius 3 is 3.00 bits per heavy atom. The van der Waals surface area contributed by atoms with Gasteiger partial charge in [-0.15, -0.1) is 0 Å². The highest BCUT2D eigenvalue weighted by atomic mass is 32.1. The van der Waals surface area contributed by atoms with Crippen LogP contribution in [0.3, 0.4) is 0 Å². The molecule has 0 aliphatic heterocycles. The lowest BCUT2D eigenvalue weighted by molar-refractivity contribution is 0.0946. The summed E-state index contributed by atoms with van der Waals surface area (Å²) >= 11 is 1.47. The van der Waals surface area contributed by atoms with Gasteiger partial charge in [0, 0.05) is 28.8 Å². The Kier molecular flexibility index (Phi) is 4.62. The van der Waals surface area contributed by atoms with Crippen LogP contribution < -0.4 is 10.1 Å². The van der Waals surface area contributed by atoms with E-state index >= 15 is 0 Å². The van der Waals surface area contributed by atoms with Gasteiger partial charge >= 0.3 is 0 Å². The number of carbonyl (C=O) groups excluding carboxylic acids is 1. The van der Waals surface area contributed by atoms with Crippen LogP contribution in [-0.2, 0) is 6.54 Å². The number of rotatable bonds is 6. The summed E-state index contributed by atoms with van der Waals surface area (Å²) in [6.45, 7) is 2.63. The Bertz CT molecular complexity index is 768. The molecule has 3 heterocycles. The van der Waals surface area contributed by atoms with E-state index in [0.29, 0.717) is 35.3 Å². The third-order valence-corrected chi connectivity index (χ3v) is 3.62. The Balaban J connectivity index is 1.62. The average molecular weight is 330 g/mol. The highest BCUT2D eigenvalue weighted by molar-refractivity contribution is 7.08. The molecule has 3 aromatic rings. The van der Waals surface area contributed by atoms with Crippen molar-refractivity contribution in [2.75, 3.05) is 6.61 Å². The van der Waals surface area contributed by atoms with E-state index in [9.17, 15) is 4.79 Å². The van der Waals surface area contributed by atoms with Gasteiger partial charge in [0.15, 0.2) is 0 Å². The van der Waals surface area contributed by atoms with Crippen LogP contribution in [0.15, 0.2) is 39.7 Å². The zero-order chi connectivity index (χ0) is 16.1. The molecule has 7 nitrogen and oxygen atoms in total. The number of hydrogen-bond donors (Lipinski definition) is 1. The minimum atomic E-state index is -0.172. The molecule has 0 saturated heterocycles. The van der Waals surface area contributed by atoms with Gasteiger partial charge in [-0.25, -0.2) is 4.98 Å². The minimum absolute atomic E-state index is 0.172. The first-order valence-electron chi connectivity index (χ1n) is 6.98. The summed E-state index contributed by atoms with van der Waals surface area (Å²) in [7, 11) is 0. The number of amides is 1.